The Morgan fingerprint density at radius 3 is 2.74 bits per heavy atom. The number of para-hydroxylation sites is 1. The molecule has 0 bridgehead atoms. The summed E-state index contributed by atoms with van der Waals surface area (Å²) in [7, 11) is 0. The molecule has 23 heavy (non-hydrogen) atoms. The van der Waals surface area contributed by atoms with Gasteiger partial charge < -0.3 is 4.74 Å². The normalized spacial score (nSPS) is 10.5. The van der Waals surface area contributed by atoms with Gasteiger partial charge in [-0.3, -0.25) is 0 Å². The Kier molecular flexibility index (Phi) is 4.42. The molecule has 0 unspecified atom stereocenters. The van der Waals surface area contributed by atoms with Crippen LogP contribution in [0.15, 0.2) is 53.0 Å². The van der Waals surface area contributed by atoms with Crippen LogP contribution >= 0.6 is 15.9 Å². The Bertz CT molecular complexity index is 839. The van der Waals surface area contributed by atoms with Crippen molar-refractivity contribution in [2.75, 3.05) is 0 Å². The van der Waals surface area contributed by atoms with Gasteiger partial charge in [0.05, 0.1) is 11.3 Å². The van der Waals surface area contributed by atoms with E-state index in [0.717, 1.165) is 5.69 Å². The van der Waals surface area contributed by atoms with E-state index < -0.39 is 11.8 Å². The summed E-state index contributed by atoms with van der Waals surface area (Å²) in [6, 6.07) is 13.3. The lowest BCUT2D eigenvalue weighted by Crippen LogP contribution is -2.11. The summed E-state index contributed by atoms with van der Waals surface area (Å²) in [5, 5.41) is 11.2. The van der Waals surface area contributed by atoms with Gasteiger partial charge in [-0.15, -0.1) is 5.10 Å². The summed E-state index contributed by atoms with van der Waals surface area (Å²) in [5.74, 6) is -1.10. The molecule has 0 amide bonds. The molecule has 0 radical (unpaired) electrons. The standard InChI is InChI=1S/C15H10BrFN4O2/c16-10-6-7-12(13(17)8-10)15(22)23-9-14-18-19-20-21(14)11-4-2-1-3-5-11/h1-8H,9H2. The molecule has 1 aromatic heterocycles. The lowest BCUT2D eigenvalue weighted by molar-refractivity contribution is 0.0454. The first-order valence-corrected chi connectivity index (χ1v) is 7.39. The summed E-state index contributed by atoms with van der Waals surface area (Å²) < 4.78 is 20.8. The summed E-state index contributed by atoms with van der Waals surface area (Å²) in [6.45, 7) is -0.170. The highest BCUT2D eigenvalue weighted by molar-refractivity contribution is 9.10. The van der Waals surface area contributed by atoms with E-state index in [2.05, 4.69) is 31.5 Å². The second-order valence-electron chi connectivity index (χ2n) is 4.54. The van der Waals surface area contributed by atoms with E-state index in [1.165, 1.54) is 16.8 Å². The third-order valence-electron chi connectivity index (χ3n) is 3.02. The van der Waals surface area contributed by atoms with E-state index in [1.54, 1.807) is 6.07 Å². The second-order valence-corrected chi connectivity index (χ2v) is 5.46. The molecule has 1 heterocycles. The SMILES string of the molecule is O=C(OCc1nnnn1-c1ccccc1)c1ccc(Br)cc1F. The fourth-order valence-corrected chi connectivity index (χ4v) is 2.26. The first-order valence-electron chi connectivity index (χ1n) is 6.60. The van der Waals surface area contributed by atoms with Crippen LogP contribution in [0.3, 0.4) is 0 Å². The Balaban J connectivity index is 1.74. The van der Waals surface area contributed by atoms with Gasteiger partial charge in [0.1, 0.15) is 5.82 Å². The summed E-state index contributed by atoms with van der Waals surface area (Å²) in [5.41, 5.74) is 0.588. The molecule has 3 rings (SSSR count). The predicted molar refractivity (Wildman–Crippen MR) is 82.4 cm³/mol. The number of hydrogen-bond donors (Lipinski definition) is 0. The van der Waals surface area contributed by atoms with Crippen molar-refractivity contribution in [3.8, 4) is 5.69 Å². The number of halogens is 2. The van der Waals surface area contributed by atoms with Crippen LogP contribution in [0.5, 0.6) is 0 Å². The maximum Gasteiger partial charge on any atom is 0.341 e. The van der Waals surface area contributed by atoms with Crippen LogP contribution < -0.4 is 0 Å². The van der Waals surface area contributed by atoms with E-state index in [0.29, 0.717) is 10.3 Å². The molecule has 0 atom stereocenters. The fourth-order valence-electron chi connectivity index (χ4n) is 1.93. The summed E-state index contributed by atoms with van der Waals surface area (Å²) in [4.78, 5) is 12.0. The van der Waals surface area contributed by atoms with Crippen molar-refractivity contribution in [1.29, 1.82) is 0 Å². The molecule has 2 aromatic carbocycles. The quantitative estimate of drug-likeness (QED) is 0.654. The van der Waals surface area contributed by atoms with Gasteiger partial charge in [0, 0.05) is 4.47 Å². The van der Waals surface area contributed by atoms with E-state index in [9.17, 15) is 9.18 Å². The molecule has 0 saturated heterocycles. The van der Waals surface area contributed by atoms with Crippen molar-refractivity contribution in [1.82, 2.24) is 20.2 Å². The monoisotopic (exact) mass is 376 g/mol. The lowest BCUT2D eigenvalue weighted by atomic mass is 10.2. The number of ether oxygens (including phenoxy) is 1. The van der Waals surface area contributed by atoms with Crippen LogP contribution in [0.25, 0.3) is 5.69 Å². The van der Waals surface area contributed by atoms with Gasteiger partial charge in [0.15, 0.2) is 12.4 Å². The number of tetrazole rings is 1. The molecule has 0 fully saturated rings. The molecular weight excluding hydrogens is 367 g/mol. The van der Waals surface area contributed by atoms with Crippen LogP contribution in [-0.4, -0.2) is 26.2 Å². The molecule has 116 valence electrons. The maximum atomic E-state index is 13.7. The molecule has 0 aliphatic carbocycles. The number of esters is 1. The zero-order valence-corrected chi connectivity index (χ0v) is 13.3. The largest absolute Gasteiger partial charge is 0.454 e. The highest BCUT2D eigenvalue weighted by Crippen LogP contribution is 2.16. The zero-order chi connectivity index (χ0) is 16.2. The number of aromatic nitrogens is 4. The average Bonchev–Trinajstić information content (AvgIpc) is 3.02. The first-order chi connectivity index (χ1) is 11.1. The molecular formula is C15H10BrFN4O2. The molecule has 6 nitrogen and oxygen atoms in total. The Morgan fingerprint density at radius 2 is 2.00 bits per heavy atom. The van der Waals surface area contributed by atoms with Crippen LogP contribution in [-0.2, 0) is 11.3 Å². The minimum atomic E-state index is -0.780. The lowest BCUT2D eigenvalue weighted by Gasteiger charge is -2.06. The Hall–Kier alpha value is -2.61. The number of benzene rings is 2. The van der Waals surface area contributed by atoms with Crippen molar-refractivity contribution >= 4 is 21.9 Å². The average molecular weight is 377 g/mol. The van der Waals surface area contributed by atoms with Crippen LogP contribution in [0.1, 0.15) is 16.2 Å². The van der Waals surface area contributed by atoms with Crippen molar-refractivity contribution in [2.24, 2.45) is 0 Å². The zero-order valence-electron chi connectivity index (χ0n) is 11.7. The van der Waals surface area contributed by atoms with E-state index in [-0.39, 0.29) is 12.2 Å². The molecule has 0 N–H and O–H groups in total. The molecule has 3 aromatic rings. The molecule has 0 saturated carbocycles. The smallest absolute Gasteiger partial charge is 0.341 e. The molecule has 0 aliphatic rings. The topological polar surface area (TPSA) is 69.9 Å². The van der Waals surface area contributed by atoms with Gasteiger partial charge in [0.2, 0.25) is 0 Å². The van der Waals surface area contributed by atoms with Crippen molar-refractivity contribution in [3.05, 3.63) is 70.2 Å². The van der Waals surface area contributed by atoms with Crippen LogP contribution in [0.2, 0.25) is 0 Å². The van der Waals surface area contributed by atoms with Crippen LogP contribution in [0.4, 0.5) is 4.39 Å². The minimum absolute atomic E-state index is 0.146. The molecule has 8 heteroatoms. The second kappa shape index (κ2) is 6.66. The molecule has 0 aliphatic heterocycles. The van der Waals surface area contributed by atoms with Gasteiger partial charge in [-0.2, -0.15) is 4.68 Å². The number of carbonyl (C=O) groups is 1. The number of hydrogen-bond acceptors (Lipinski definition) is 5. The summed E-state index contributed by atoms with van der Waals surface area (Å²) >= 11 is 3.13. The van der Waals surface area contributed by atoms with Gasteiger partial charge in [-0.25, -0.2) is 9.18 Å². The molecule has 0 spiro atoms. The van der Waals surface area contributed by atoms with Gasteiger partial charge in [0.25, 0.3) is 0 Å². The van der Waals surface area contributed by atoms with E-state index in [4.69, 9.17) is 4.74 Å². The predicted octanol–water partition coefficient (Wildman–Crippen LogP) is 2.92. The van der Waals surface area contributed by atoms with Crippen molar-refractivity contribution < 1.29 is 13.9 Å². The number of carbonyl (C=O) groups excluding carboxylic acids is 1. The van der Waals surface area contributed by atoms with Crippen molar-refractivity contribution in [2.45, 2.75) is 6.61 Å². The highest BCUT2D eigenvalue weighted by atomic mass is 79.9. The number of rotatable bonds is 4. The first kappa shape index (κ1) is 15.3. The van der Waals surface area contributed by atoms with Gasteiger partial charge in [-0.1, -0.05) is 34.1 Å². The third kappa shape index (κ3) is 3.42. The fraction of sp³-hybridized carbons (Fsp3) is 0.0667. The van der Waals surface area contributed by atoms with Crippen LogP contribution in [0, 0.1) is 5.82 Å². The maximum absolute atomic E-state index is 13.7. The highest BCUT2D eigenvalue weighted by Gasteiger charge is 2.16. The Morgan fingerprint density at radius 1 is 1.22 bits per heavy atom. The van der Waals surface area contributed by atoms with E-state index in [1.807, 2.05) is 30.3 Å². The summed E-state index contributed by atoms with van der Waals surface area (Å²) in [6.07, 6.45) is 0. The van der Waals surface area contributed by atoms with Gasteiger partial charge in [-0.05, 0) is 40.8 Å². The minimum Gasteiger partial charge on any atom is -0.454 e. The third-order valence-corrected chi connectivity index (χ3v) is 3.51. The number of nitrogens with zero attached hydrogens (tertiary/aromatic N) is 4. The van der Waals surface area contributed by atoms with E-state index >= 15 is 0 Å². The van der Waals surface area contributed by atoms with Crippen molar-refractivity contribution in [3.63, 3.8) is 0 Å². The Labute approximate surface area is 139 Å². The van der Waals surface area contributed by atoms with Gasteiger partial charge >= 0.3 is 5.97 Å².